The Kier molecular flexibility index (Phi) is 1.47. The third-order valence-electron chi connectivity index (χ3n) is 2.50. The maximum absolute atomic E-state index is 3.26. The van der Waals surface area contributed by atoms with Crippen molar-refractivity contribution in [2.45, 2.75) is 0 Å². The normalized spacial score (nSPS) is 10.9. The number of hydrogen-bond donors (Lipinski definition) is 2. The lowest BCUT2D eigenvalue weighted by molar-refractivity contribution is 1.41. The highest BCUT2D eigenvalue weighted by Gasteiger charge is 2.04. The maximum atomic E-state index is 3.26. The van der Waals surface area contributed by atoms with Crippen LogP contribution in [-0.4, -0.2) is 9.97 Å². The molecule has 0 fully saturated rings. The molecule has 0 amide bonds. The zero-order valence-corrected chi connectivity index (χ0v) is 7.62. The average Bonchev–Trinajstić information content (AvgIpc) is 2.85. The first-order valence-corrected chi connectivity index (χ1v) is 4.64. The van der Waals surface area contributed by atoms with E-state index < -0.39 is 0 Å². The number of benzene rings is 1. The first kappa shape index (κ1) is 7.44. The van der Waals surface area contributed by atoms with E-state index in [0.29, 0.717) is 0 Å². The van der Waals surface area contributed by atoms with Gasteiger partial charge in [-0.2, -0.15) is 0 Å². The number of aromatic nitrogens is 2. The fourth-order valence-corrected chi connectivity index (χ4v) is 1.80. The molecule has 2 N–H and O–H groups in total. The average molecular weight is 182 g/mol. The van der Waals surface area contributed by atoms with E-state index >= 15 is 0 Å². The van der Waals surface area contributed by atoms with Crippen molar-refractivity contribution in [1.29, 1.82) is 0 Å². The van der Waals surface area contributed by atoms with Gasteiger partial charge in [-0.1, -0.05) is 18.2 Å². The van der Waals surface area contributed by atoms with Gasteiger partial charge >= 0.3 is 0 Å². The molecule has 3 rings (SSSR count). The summed E-state index contributed by atoms with van der Waals surface area (Å²) in [5.41, 5.74) is 3.66. The number of hydrogen-bond acceptors (Lipinski definition) is 0. The SMILES string of the molecule is c1ccc2c(-c3cc[nH]c3)c[nH]c2c1. The van der Waals surface area contributed by atoms with Gasteiger partial charge in [0.15, 0.2) is 0 Å². The minimum atomic E-state index is 1.18. The van der Waals surface area contributed by atoms with Gasteiger partial charge in [0.1, 0.15) is 0 Å². The Morgan fingerprint density at radius 3 is 2.71 bits per heavy atom. The molecule has 14 heavy (non-hydrogen) atoms. The van der Waals surface area contributed by atoms with Crippen molar-refractivity contribution in [2.75, 3.05) is 0 Å². The molecule has 0 radical (unpaired) electrons. The number of aromatic amines is 2. The molecule has 0 aliphatic heterocycles. The van der Waals surface area contributed by atoms with Crippen molar-refractivity contribution in [3.8, 4) is 11.1 Å². The van der Waals surface area contributed by atoms with Crippen LogP contribution in [0.15, 0.2) is 48.9 Å². The molecule has 0 unspecified atom stereocenters. The lowest BCUT2D eigenvalue weighted by Crippen LogP contribution is -1.69. The molecule has 0 atom stereocenters. The fourth-order valence-electron chi connectivity index (χ4n) is 1.80. The molecule has 0 aliphatic rings. The Bertz CT molecular complexity index is 546. The van der Waals surface area contributed by atoms with E-state index in [-0.39, 0.29) is 0 Å². The van der Waals surface area contributed by atoms with Crippen LogP contribution in [0.3, 0.4) is 0 Å². The van der Waals surface area contributed by atoms with Crippen LogP contribution < -0.4 is 0 Å². The third kappa shape index (κ3) is 0.973. The molecule has 2 heteroatoms. The summed E-state index contributed by atoms with van der Waals surface area (Å²) in [6.45, 7) is 0. The zero-order valence-electron chi connectivity index (χ0n) is 7.62. The summed E-state index contributed by atoms with van der Waals surface area (Å²) in [5, 5.41) is 1.27. The Morgan fingerprint density at radius 2 is 1.86 bits per heavy atom. The van der Waals surface area contributed by atoms with Gasteiger partial charge in [0.25, 0.3) is 0 Å². The summed E-state index contributed by atoms with van der Waals surface area (Å²) in [6.07, 6.45) is 6.00. The standard InChI is InChI=1S/C12H10N2/c1-2-4-12-10(3-1)11(8-14-12)9-5-6-13-7-9/h1-8,13-14H. The maximum Gasteiger partial charge on any atom is 0.0460 e. The monoisotopic (exact) mass is 182 g/mol. The quantitative estimate of drug-likeness (QED) is 0.579. The molecule has 2 nitrogen and oxygen atoms in total. The van der Waals surface area contributed by atoms with Gasteiger partial charge in [-0.15, -0.1) is 0 Å². The summed E-state index contributed by atoms with van der Waals surface area (Å²) >= 11 is 0. The Morgan fingerprint density at radius 1 is 0.929 bits per heavy atom. The van der Waals surface area contributed by atoms with Crippen molar-refractivity contribution in [2.24, 2.45) is 0 Å². The highest BCUT2D eigenvalue weighted by molar-refractivity contribution is 5.95. The van der Waals surface area contributed by atoms with E-state index in [2.05, 4.69) is 34.2 Å². The molecule has 2 aromatic heterocycles. The summed E-state index contributed by atoms with van der Waals surface area (Å²) in [6, 6.07) is 10.4. The van der Waals surface area contributed by atoms with Crippen molar-refractivity contribution < 1.29 is 0 Å². The lowest BCUT2D eigenvalue weighted by Gasteiger charge is -1.93. The highest BCUT2D eigenvalue weighted by Crippen LogP contribution is 2.27. The van der Waals surface area contributed by atoms with Crippen molar-refractivity contribution in [3.05, 3.63) is 48.9 Å². The summed E-state index contributed by atoms with van der Waals surface area (Å²) in [7, 11) is 0. The molecule has 0 bridgehead atoms. The van der Waals surface area contributed by atoms with E-state index in [4.69, 9.17) is 0 Å². The Hall–Kier alpha value is -1.96. The van der Waals surface area contributed by atoms with E-state index in [1.54, 1.807) is 0 Å². The first-order valence-electron chi connectivity index (χ1n) is 4.64. The second kappa shape index (κ2) is 2.77. The highest BCUT2D eigenvalue weighted by atomic mass is 14.7. The molecule has 0 saturated carbocycles. The lowest BCUT2D eigenvalue weighted by atomic mass is 10.1. The van der Waals surface area contributed by atoms with Gasteiger partial charge in [-0.25, -0.2) is 0 Å². The van der Waals surface area contributed by atoms with Crippen LogP contribution in [0.4, 0.5) is 0 Å². The van der Waals surface area contributed by atoms with Crippen molar-refractivity contribution >= 4 is 10.9 Å². The van der Waals surface area contributed by atoms with Gasteiger partial charge in [0.2, 0.25) is 0 Å². The number of para-hydroxylation sites is 1. The third-order valence-corrected chi connectivity index (χ3v) is 2.50. The minimum absolute atomic E-state index is 1.18. The predicted octanol–water partition coefficient (Wildman–Crippen LogP) is 3.16. The van der Waals surface area contributed by atoms with Crippen LogP contribution in [0.25, 0.3) is 22.0 Å². The van der Waals surface area contributed by atoms with Crippen molar-refractivity contribution in [1.82, 2.24) is 9.97 Å². The predicted molar refractivity (Wildman–Crippen MR) is 58.1 cm³/mol. The zero-order chi connectivity index (χ0) is 9.38. The molecule has 68 valence electrons. The van der Waals surface area contributed by atoms with E-state index in [0.717, 1.165) is 0 Å². The van der Waals surface area contributed by atoms with Crippen LogP contribution >= 0.6 is 0 Å². The van der Waals surface area contributed by atoms with E-state index in [1.807, 2.05) is 24.7 Å². The summed E-state index contributed by atoms with van der Waals surface area (Å²) in [5.74, 6) is 0. The minimum Gasteiger partial charge on any atom is -0.367 e. The van der Waals surface area contributed by atoms with Crippen LogP contribution in [0, 0.1) is 0 Å². The van der Waals surface area contributed by atoms with Crippen LogP contribution in [0.5, 0.6) is 0 Å². The second-order valence-electron chi connectivity index (χ2n) is 3.35. The van der Waals surface area contributed by atoms with Crippen LogP contribution in [-0.2, 0) is 0 Å². The number of nitrogens with one attached hydrogen (secondary N) is 2. The number of fused-ring (bicyclic) bond motifs is 1. The van der Waals surface area contributed by atoms with Gasteiger partial charge in [-0.05, 0) is 12.1 Å². The summed E-state index contributed by atoms with van der Waals surface area (Å²) < 4.78 is 0. The van der Waals surface area contributed by atoms with Crippen molar-refractivity contribution in [3.63, 3.8) is 0 Å². The summed E-state index contributed by atoms with van der Waals surface area (Å²) in [4.78, 5) is 6.33. The topological polar surface area (TPSA) is 31.6 Å². The molecule has 3 aromatic rings. The number of rotatable bonds is 1. The van der Waals surface area contributed by atoms with Gasteiger partial charge in [0.05, 0.1) is 0 Å². The smallest absolute Gasteiger partial charge is 0.0460 e. The molecule has 0 aliphatic carbocycles. The Labute approximate surface area is 81.6 Å². The largest absolute Gasteiger partial charge is 0.367 e. The van der Waals surface area contributed by atoms with Gasteiger partial charge in [0, 0.05) is 40.6 Å². The molecule has 2 heterocycles. The molecule has 0 spiro atoms. The first-order chi connectivity index (χ1) is 6.95. The second-order valence-corrected chi connectivity index (χ2v) is 3.35. The van der Waals surface area contributed by atoms with Crippen LogP contribution in [0.2, 0.25) is 0 Å². The molecular weight excluding hydrogens is 172 g/mol. The molecular formula is C12H10N2. The van der Waals surface area contributed by atoms with Gasteiger partial charge in [-0.3, -0.25) is 0 Å². The molecule has 0 saturated heterocycles. The van der Waals surface area contributed by atoms with Gasteiger partial charge < -0.3 is 9.97 Å². The van der Waals surface area contributed by atoms with E-state index in [9.17, 15) is 0 Å². The fraction of sp³-hybridized carbons (Fsp3) is 0. The Balaban J connectivity index is 2.33. The van der Waals surface area contributed by atoms with E-state index in [1.165, 1.54) is 22.0 Å². The molecule has 1 aromatic carbocycles. The van der Waals surface area contributed by atoms with Crippen LogP contribution in [0.1, 0.15) is 0 Å². The number of H-pyrrole nitrogens is 2.